The summed E-state index contributed by atoms with van der Waals surface area (Å²) in [5.41, 5.74) is 7.65. The Kier molecular flexibility index (Phi) is 18.8. The number of aromatic nitrogens is 2. The normalized spacial score (nSPS) is 11.2. The van der Waals surface area contributed by atoms with E-state index in [1.807, 2.05) is 0 Å². The fourth-order valence-electron chi connectivity index (χ4n) is 3.62. The number of unbranched alkanes of at least 4 members (excludes halogenated alkanes) is 8. The molecule has 1 aromatic heterocycles. The Morgan fingerprint density at radius 1 is 0.788 bits per heavy atom. The van der Waals surface area contributed by atoms with E-state index >= 15 is 0 Å². The van der Waals surface area contributed by atoms with Crippen LogP contribution in [0.3, 0.4) is 0 Å². The van der Waals surface area contributed by atoms with Gasteiger partial charge in [-0.3, -0.25) is 4.39 Å². The highest BCUT2D eigenvalue weighted by molar-refractivity contribution is 5.50. The Morgan fingerprint density at radius 3 is 2.21 bits per heavy atom. The van der Waals surface area contributed by atoms with Crippen LogP contribution in [0.2, 0.25) is 0 Å². The van der Waals surface area contributed by atoms with Crippen molar-refractivity contribution in [2.45, 2.75) is 84.5 Å². The van der Waals surface area contributed by atoms with Crippen molar-refractivity contribution in [3.05, 3.63) is 11.3 Å². The lowest BCUT2D eigenvalue weighted by atomic mass is 10.1. The van der Waals surface area contributed by atoms with Crippen molar-refractivity contribution >= 4 is 11.8 Å². The van der Waals surface area contributed by atoms with Crippen LogP contribution in [0, 0.1) is 6.92 Å². The van der Waals surface area contributed by atoms with Crippen molar-refractivity contribution in [2.24, 2.45) is 5.73 Å². The van der Waals surface area contributed by atoms with Gasteiger partial charge in [0.1, 0.15) is 5.82 Å². The molecular formula is C25H48FN5O2. The minimum atomic E-state index is -0.196. The van der Waals surface area contributed by atoms with Gasteiger partial charge in [0.15, 0.2) is 0 Å². The van der Waals surface area contributed by atoms with Crippen molar-refractivity contribution in [1.29, 1.82) is 0 Å². The van der Waals surface area contributed by atoms with Crippen LogP contribution in [0.5, 0.6) is 0 Å². The van der Waals surface area contributed by atoms with Gasteiger partial charge in [0.25, 0.3) is 0 Å². The molecule has 0 spiro atoms. The van der Waals surface area contributed by atoms with E-state index in [0.717, 1.165) is 63.0 Å². The molecule has 0 bridgehead atoms. The summed E-state index contributed by atoms with van der Waals surface area (Å²) in [4.78, 5) is 9.50. The number of nitrogens with one attached hydrogen (secondary N) is 2. The molecule has 0 aliphatic rings. The third kappa shape index (κ3) is 15.1. The van der Waals surface area contributed by atoms with Crippen molar-refractivity contribution in [3.63, 3.8) is 0 Å². The zero-order chi connectivity index (χ0) is 24.0. The van der Waals surface area contributed by atoms with Crippen LogP contribution in [0.15, 0.2) is 0 Å². The Bertz CT molecular complexity index is 592. The van der Waals surface area contributed by atoms with E-state index in [1.54, 1.807) is 0 Å². The highest BCUT2D eigenvalue weighted by Crippen LogP contribution is 2.21. The van der Waals surface area contributed by atoms with Gasteiger partial charge in [0.2, 0.25) is 5.95 Å². The number of hydrogen-bond acceptors (Lipinski definition) is 7. The van der Waals surface area contributed by atoms with E-state index in [-0.39, 0.29) is 6.67 Å². The maximum absolute atomic E-state index is 12.1. The molecule has 1 heterocycles. The van der Waals surface area contributed by atoms with E-state index < -0.39 is 0 Å². The molecular weight excluding hydrogens is 421 g/mol. The number of ether oxygens (including phenoxy) is 2. The van der Waals surface area contributed by atoms with Crippen molar-refractivity contribution in [3.8, 4) is 0 Å². The van der Waals surface area contributed by atoms with Crippen LogP contribution in [0.25, 0.3) is 0 Å². The Morgan fingerprint density at radius 2 is 1.48 bits per heavy atom. The lowest BCUT2D eigenvalue weighted by Crippen LogP contribution is -2.17. The van der Waals surface area contributed by atoms with E-state index in [9.17, 15) is 4.39 Å². The molecule has 0 aromatic carbocycles. The molecule has 1 rings (SSSR count). The van der Waals surface area contributed by atoms with Gasteiger partial charge < -0.3 is 25.8 Å². The first-order valence-electron chi connectivity index (χ1n) is 13.0. The van der Waals surface area contributed by atoms with Gasteiger partial charge in [-0.05, 0) is 32.6 Å². The number of halogens is 1. The predicted octanol–water partition coefficient (Wildman–Crippen LogP) is 5.03. The van der Waals surface area contributed by atoms with Crippen LogP contribution in [-0.4, -0.2) is 62.7 Å². The SMILES string of the molecule is CCCCCCc1c(C)nc(NCCCCCCCCF)nc1NCCOCCOCCN. The molecule has 0 saturated heterocycles. The molecule has 4 N–H and O–H groups in total. The highest BCUT2D eigenvalue weighted by atomic mass is 19.1. The average molecular weight is 470 g/mol. The van der Waals surface area contributed by atoms with Crippen molar-refractivity contribution in [2.75, 3.05) is 63.4 Å². The van der Waals surface area contributed by atoms with Crippen LogP contribution in [0.1, 0.15) is 82.4 Å². The Labute approximate surface area is 200 Å². The summed E-state index contributed by atoms with van der Waals surface area (Å²) in [6.45, 7) is 8.47. The first-order valence-corrected chi connectivity index (χ1v) is 13.0. The number of aryl methyl sites for hydroxylation is 1. The second-order valence-electron chi connectivity index (χ2n) is 8.45. The summed E-state index contributed by atoms with van der Waals surface area (Å²) in [5.74, 6) is 1.59. The summed E-state index contributed by atoms with van der Waals surface area (Å²) in [6.07, 6.45) is 12.0. The van der Waals surface area contributed by atoms with Crippen LogP contribution >= 0.6 is 0 Å². The summed E-state index contributed by atoms with van der Waals surface area (Å²) in [6, 6.07) is 0. The van der Waals surface area contributed by atoms with Gasteiger partial charge in [-0.2, -0.15) is 4.98 Å². The molecule has 33 heavy (non-hydrogen) atoms. The predicted molar refractivity (Wildman–Crippen MR) is 136 cm³/mol. The zero-order valence-corrected chi connectivity index (χ0v) is 21.1. The summed E-state index contributed by atoms with van der Waals surface area (Å²) in [5, 5.41) is 6.84. The molecule has 8 heteroatoms. The lowest BCUT2D eigenvalue weighted by molar-refractivity contribution is 0.0547. The molecule has 192 valence electrons. The first-order chi connectivity index (χ1) is 16.2. The average Bonchev–Trinajstić information content (AvgIpc) is 2.81. The minimum Gasteiger partial charge on any atom is -0.378 e. The lowest BCUT2D eigenvalue weighted by Gasteiger charge is -2.16. The van der Waals surface area contributed by atoms with Crippen molar-refractivity contribution in [1.82, 2.24) is 9.97 Å². The Hall–Kier alpha value is -1.51. The largest absolute Gasteiger partial charge is 0.378 e. The summed E-state index contributed by atoms with van der Waals surface area (Å²) >= 11 is 0. The van der Waals surface area contributed by atoms with Crippen LogP contribution in [-0.2, 0) is 15.9 Å². The third-order valence-corrected chi connectivity index (χ3v) is 5.51. The molecule has 0 fully saturated rings. The number of nitrogens with zero attached hydrogens (tertiary/aromatic N) is 2. The van der Waals surface area contributed by atoms with E-state index in [2.05, 4.69) is 24.5 Å². The molecule has 0 saturated carbocycles. The molecule has 1 aromatic rings. The smallest absolute Gasteiger partial charge is 0.224 e. The Balaban J connectivity index is 2.51. The minimum absolute atomic E-state index is 0.196. The molecule has 0 amide bonds. The fraction of sp³-hybridized carbons (Fsp3) is 0.840. The maximum atomic E-state index is 12.1. The highest BCUT2D eigenvalue weighted by Gasteiger charge is 2.11. The fourth-order valence-corrected chi connectivity index (χ4v) is 3.62. The number of nitrogens with two attached hydrogens (primary N) is 1. The molecule has 0 atom stereocenters. The zero-order valence-electron chi connectivity index (χ0n) is 21.1. The first kappa shape index (κ1) is 29.5. The topological polar surface area (TPSA) is 94.3 Å². The van der Waals surface area contributed by atoms with Crippen LogP contribution < -0.4 is 16.4 Å². The van der Waals surface area contributed by atoms with Gasteiger partial charge in [-0.15, -0.1) is 0 Å². The molecule has 0 aliphatic carbocycles. The number of alkyl halides is 1. The van der Waals surface area contributed by atoms with Gasteiger partial charge in [0.05, 0.1) is 33.1 Å². The van der Waals surface area contributed by atoms with Crippen molar-refractivity contribution < 1.29 is 13.9 Å². The monoisotopic (exact) mass is 469 g/mol. The quantitative estimate of drug-likeness (QED) is 0.193. The van der Waals surface area contributed by atoms with Gasteiger partial charge in [-0.1, -0.05) is 51.9 Å². The third-order valence-electron chi connectivity index (χ3n) is 5.51. The van der Waals surface area contributed by atoms with Gasteiger partial charge in [0, 0.05) is 30.9 Å². The number of rotatable bonds is 23. The molecule has 0 unspecified atom stereocenters. The molecule has 7 nitrogen and oxygen atoms in total. The van der Waals surface area contributed by atoms with E-state index in [1.165, 1.54) is 24.8 Å². The van der Waals surface area contributed by atoms with E-state index in [0.29, 0.717) is 51.9 Å². The molecule has 0 aliphatic heterocycles. The van der Waals surface area contributed by atoms with Gasteiger partial charge in [-0.25, -0.2) is 4.98 Å². The second kappa shape index (κ2) is 21.1. The summed E-state index contributed by atoms with van der Waals surface area (Å²) < 4.78 is 23.1. The standard InChI is InChI=1S/C25H48FN5O2/c1-3-4-5-10-13-23-22(2)30-25(29-16-12-9-7-6-8-11-14-26)31-24(23)28-17-19-33-21-20-32-18-15-27/h3-21,27H2,1-2H3,(H2,28,29,30,31). The molecule has 0 radical (unpaired) electrons. The van der Waals surface area contributed by atoms with Crippen LogP contribution in [0.4, 0.5) is 16.2 Å². The number of hydrogen-bond donors (Lipinski definition) is 3. The maximum Gasteiger partial charge on any atom is 0.224 e. The second-order valence-corrected chi connectivity index (χ2v) is 8.45. The summed E-state index contributed by atoms with van der Waals surface area (Å²) in [7, 11) is 0. The van der Waals surface area contributed by atoms with E-state index in [4.69, 9.17) is 25.2 Å². The van der Waals surface area contributed by atoms with Gasteiger partial charge >= 0.3 is 0 Å². The number of anilines is 2.